The van der Waals surface area contributed by atoms with Crippen molar-refractivity contribution in [3.8, 4) is 0 Å². The number of aromatic amines is 1. The van der Waals surface area contributed by atoms with Crippen LogP contribution >= 0.6 is 0 Å². The third-order valence-electron chi connectivity index (χ3n) is 4.62. The van der Waals surface area contributed by atoms with E-state index in [1.165, 1.54) is 4.57 Å². The maximum Gasteiger partial charge on any atom is 0.329 e. The molecule has 0 aromatic carbocycles. The number of hydrogen-bond acceptors (Lipinski definition) is 5. The van der Waals surface area contributed by atoms with Crippen molar-refractivity contribution in [2.24, 2.45) is 5.73 Å². The van der Waals surface area contributed by atoms with Crippen LogP contribution in [0, 0.1) is 0 Å². The van der Waals surface area contributed by atoms with Crippen LogP contribution in [0.2, 0.25) is 0 Å². The predicted molar refractivity (Wildman–Crippen MR) is 99.5 cm³/mol. The number of nitrogens with two attached hydrogens (primary N) is 1. The molecule has 1 saturated carbocycles. The van der Waals surface area contributed by atoms with E-state index in [9.17, 15) is 14.4 Å². The van der Waals surface area contributed by atoms with Crippen molar-refractivity contribution in [1.29, 1.82) is 0 Å². The summed E-state index contributed by atoms with van der Waals surface area (Å²) in [6.07, 6.45) is 2.70. The number of hydrogen-bond donors (Lipinski definition) is 3. The molecular weight excluding hydrogens is 334 g/mol. The second kappa shape index (κ2) is 6.68. The average Bonchev–Trinajstić information content (AvgIpc) is 3.42. The first kappa shape index (κ1) is 18.3. The Kier molecular flexibility index (Phi) is 4.70. The average molecular weight is 359 g/mol. The van der Waals surface area contributed by atoms with Crippen LogP contribution in [0.4, 0.5) is 0 Å². The van der Waals surface area contributed by atoms with E-state index in [1.54, 1.807) is 6.07 Å². The zero-order valence-corrected chi connectivity index (χ0v) is 15.4. The number of aryl methyl sites for hydroxylation is 1. The van der Waals surface area contributed by atoms with Crippen LogP contribution in [-0.4, -0.2) is 32.5 Å². The molecule has 3 rings (SSSR count). The van der Waals surface area contributed by atoms with Gasteiger partial charge in [0, 0.05) is 30.2 Å². The van der Waals surface area contributed by atoms with Gasteiger partial charge in [-0.3, -0.25) is 19.1 Å². The summed E-state index contributed by atoms with van der Waals surface area (Å²) in [5, 5.41) is 3.01. The van der Waals surface area contributed by atoms with Crippen LogP contribution in [0.25, 0.3) is 11.0 Å². The van der Waals surface area contributed by atoms with Crippen molar-refractivity contribution in [2.45, 2.75) is 58.0 Å². The molecule has 1 aliphatic rings. The molecule has 8 nitrogen and oxygen atoms in total. The number of amides is 1. The van der Waals surface area contributed by atoms with E-state index in [-0.39, 0.29) is 35.0 Å². The first-order valence-electron chi connectivity index (χ1n) is 8.97. The summed E-state index contributed by atoms with van der Waals surface area (Å²) in [6, 6.07) is 1.68. The first-order valence-corrected chi connectivity index (χ1v) is 8.97. The summed E-state index contributed by atoms with van der Waals surface area (Å²) >= 11 is 0. The van der Waals surface area contributed by atoms with Gasteiger partial charge in [0.25, 0.3) is 11.5 Å². The summed E-state index contributed by atoms with van der Waals surface area (Å²) in [5.41, 5.74) is 5.27. The Balaban J connectivity index is 2.27. The van der Waals surface area contributed by atoms with Crippen LogP contribution in [0.1, 0.15) is 62.0 Å². The van der Waals surface area contributed by atoms with Crippen molar-refractivity contribution >= 4 is 16.9 Å². The zero-order chi connectivity index (χ0) is 19.1. The Morgan fingerprint density at radius 1 is 1.42 bits per heavy atom. The maximum absolute atomic E-state index is 12.9. The summed E-state index contributed by atoms with van der Waals surface area (Å²) in [7, 11) is 0. The Morgan fingerprint density at radius 3 is 2.69 bits per heavy atom. The van der Waals surface area contributed by atoms with E-state index in [1.807, 2.05) is 20.8 Å². The third kappa shape index (κ3) is 3.41. The lowest BCUT2D eigenvalue weighted by Crippen LogP contribution is -2.49. The lowest BCUT2D eigenvalue weighted by molar-refractivity contribution is 0.0917. The summed E-state index contributed by atoms with van der Waals surface area (Å²) < 4.78 is 1.44. The van der Waals surface area contributed by atoms with Crippen LogP contribution < -0.4 is 22.3 Å². The number of rotatable bonds is 6. The summed E-state index contributed by atoms with van der Waals surface area (Å²) in [4.78, 5) is 44.5. The van der Waals surface area contributed by atoms with Gasteiger partial charge in [0.2, 0.25) is 0 Å². The number of pyridine rings is 1. The highest BCUT2D eigenvalue weighted by molar-refractivity contribution is 6.05. The highest BCUT2D eigenvalue weighted by Gasteiger charge is 2.29. The van der Waals surface area contributed by atoms with Crippen LogP contribution in [0.3, 0.4) is 0 Å². The molecule has 0 atom stereocenters. The van der Waals surface area contributed by atoms with Gasteiger partial charge in [-0.25, -0.2) is 9.78 Å². The van der Waals surface area contributed by atoms with Gasteiger partial charge in [0.05, 0.1) is 10.9 Å². The number of carbonyl (C=O) groups excluding carboxylic acids is 1. The number of nitrogens with one attached hydrogen (secondary N) is 2. The number of H-pyrrole nitrogens is 1. The molecule has 1 aliphatic carbocycles. The fourth-order valence-electron chi connectivity index (χ4n) is 2.92. The molecule has 26 heavy (non-hydrogen) atoms. The van der Waals surface area contributed by atoms with E-state index < -0.39 is 16.8 Å². The van der Waals surface area contributed by atoms with Gasteiger partial charge in [0.1, 0.15) is 0 Å². The minimum Gasteiger partial charge on any atom is -0.346 e. The number of carbonyl (C=O) groups is 1. The van der Waals surface area contributed by atoms with Gasteiger partial charge in [-0.2, -0.15) is 0 Å². The van der Waals surface area contributed by atoms with Crippen LogP contribution in [-0.2, 0) is 6.54 Å². The molecule has 0 aliphatic heterocycles. The van der Waals surface area contributed by atoms with E-state index in [2.05, 4.69) is 15.3 Å². The molecule has 0 unspecified atom stereocenters. The van der Waals surface area contributed by atoms with Gasteiger partial charge in [-0.15, -0.1) is 0 Å². The minimum absolute atomic E-state index is 0.146. The van der Waals surface area contributed by atoms with Gasteiger partial charge < -0.3 is 11.1 Å². The molecule has 2 aromatic heterocycles. The molecule has 0 bridgehead atoms. The monoisotopic (exact) mass is 359 g/mol. The Bertz CT molecular complexity index is 969. The number of aromatic nitrogens is 3. The van der Waals surface area contributed by atoms with E-state index in [4.69, 9.17) is 5.73 Å². The van der Waals surface area contributed by atoms with Gasteiger partial charge in [0.15, 0.2) is 5.65 Å². The lowest BCUT2D eigenvalue weighted by Gasteiger charge is -2.24. The Morgan fingerprint density at radius 2 is 2.12 bits per heavy atom. The highest BCUT2D eigenvalue weighted by atomic mass is 16.2. The van der Waals surface area contributed by atoms with Crippen LogP contribution in [0.15, 0.2) is 15.7 Å². The van der Waals surface area contributed by atoms with E-state index in [0.29, 0.717) is 13.0 Å². The Labute approximate surface area is 150 Å². The molecule has 1 fully saturated rings. The van der Waals surface area contributed by atoms with Crippen molar-refractivity contribution in [3.63, 3.8) is 0 Å². The standard InChI is InChI=1S/C18H25N5O3/c1-4-7-23-14-13(16(25)21-17(23)26)11(8-12(20-14)10-5-6-10)15(24)22-18(2,3)9-19/h8,10H,4-7,9,19H2,1-3H3,(H,22,24)(H,21,25,26). The highest BCUT2D eigenvalue weighted by Crippen LogP contribution is 2.39. The van der Waals surface area contributed by atoms with Crippen LogP contribution in [0.5, 0.6) is 0 Å². The largest absolute Gasteiger partial charge is 0.346 e. The molecule has 1 amide bonds. The maximum atomic E-state index is 12.9. The number of nitrogens with zero attached hydrogens (tertiary/aromatic N) is 2. The van der Waals surface area contributed by atoms with Crippen molar-refractivity contribution in [1.82, 2.24) is 19.9 Å². The minimum atomic E-state index is -0.614. The molecule has 140 valence electrons. The van der Waals surface area contributed by atoms with Crippen molar-refractivity contribution in [3.05, 3.63) is 38.2 Å². The fourth-order valence-corrected chi connectivity index (χ4v) is 2.92. The zero-order valence-electron chi connectivity index (χ0n) is 15.4. The van der Waals surface area contributed by atoms with E-state index in [0.717, 1.165) is 18.5 Å². The fraction of sp³-hybridized carbons (Fsp3) is 0.556. The molecule has 4 N–H and O–H groups in total. The lowest BCUT2D eigenvalue weighted by atomic mass is 10.0. The smallest absolute Gasteiger partial charge is 0.329 e. The SMILES string of the molecule is CCCn1c(=O)[nH]c(=O)c2c(C(=O)NC(C)(C)CN)cc(C3CC3)nc21. The van der Waals surface area contributed by atoms with E-state index >= 15 is 0 Å². The molecular formula is C18H25N5O3. The first-order chi connectivity index (χ1) is 12.3. The molecule has 0 spiro atoms. The van der Waals surface area contributed by atoms with Gasteiger partial charge in [-0.05, 0) is 39.2 Å². The Hall–Kier alpha value is -2.48. The van der Waals surface area contributed by atoms with Crippen molar-refractivity contribution in [2.75, 3.05) is 6.54 Å². The third-order valence-corrected chi connectivity index (χ3v) is 4.62. The molecule has 0 saturated heterocycles. The van der Waals surface area contributed by atoms with Gasteiger partial charge >= 0.3 is 5.69 Å². The van der Waals surface area contributed by atoms with Crippen molar-refractivity contribution < 1.29 is 4.79 Å². The molecule has 2 heterocycles. The molecule has 2 aromatic rings. The summed E-state index contributed by atoms with van der Waals surface area (Å²) in [5.74, 6) is -0.111. The quantitative estimate of drug-likeness (QED) is 0.705. The normalized spacial score (nSPS) is 14.6. The topological polar surface area (TPSA) is 123 Å². The molecule has 8 heteroatoms. The van der Waals surface area contributed by atoms with Gasteiger partial charge in [-0.1, -0.05) is 6.92 Å². The summed E-state index contributed by atoms with van der Waals surface area (Å²) in [6.45, 7) is 6.24. The number of fused-ring (bicyclic) bond motifs is 1. The second-order valence-electron chi connectivity index (χ2n) is 7.52. The predicted octanol–water partition coefficient (Wildman–Crippen LogP) is 0.839. The second-order valence-corrected chi connectivity index (χ2v) is 7.52. The molecule has 0 radical (unpaired) electrons.